The van der Waals surface area contributed by atoms with Gasteiger partial charge in [0.25, 0.3) is 0 Å². The fraction of sp³-hybridized carbons (Fsp3) is 0. The van der Waals surface area contributed by atoms with Gasteiger partial charge in [-0.25, -0.2) is 79.0 Å². The molecule has 0 nitrogen and oxygen atoms in total. The highest BCUT2D eigenvalue weighted by molar-refractivity contribution is 14.1. The van der Waals surface area contributed by atoms with Crippen LogP contribution in [0.25, 0.3) is 0 Å². The second-order valence-corrected chi connectivity index (χ2v) is 11.0. The minimum atomic E-state index is -6.75. The predicted molar refractivity (Wildman–Crippen MR) is 135 cm³/mol. The topological polar surface area (TPSA) is 0 Å². The van der Waals surface area contributed by atoms with Gasteiger partial charge in [-0.05, 0) is 45.2 Å². The van der Waals surface area contributed by atoms with Gasteiger partial charge in [0, 0.05) is 0 Å². The molecule has 0 heterocycles. The molecular formula is C24BF18I2-. The molecule has 21 heteroatoms. The molecule has 0 atom stereocenters. The summed E-state index contributed by atoms with van der Waals surface area (Å²) in [7, 11) is 0. The standard InChI is InChI=1S/C24BF18I2/c26-5-1(6(27)14(35)19(40)13(5)34)25(2-7(28)15(36)20(41)16(37)8(2)29,3-9(30)17(38)21(42)18(39)10(3)31)4-11(32)23(44)22(43)24(45)12(4)33/q-1. The van der Waals surface area contributed by atoms with E-state index >= 15 is 35.1 Å². The van der Waals surface area contributed by atoms with E-state index in [9.17, 15) is 43.9 Å². The van der Waals surface area contributed by atoms with Gasteiger partial charge in [-0.15, -0.1) is 21.9 Å². The molecule has 0 fully saturated rings. The Kier molecular flexibility index (Phi) is 9.14. The lowest BCUT2D eigenvalue weighted by molar-refractivity contribution is 0.379. The first-order valence-corrected chi connectivity index (χ1v) is 13.1. The van der Waals surface area contributed by atoms with Crippen LogP contribution in [0.5, 0.6) is 0 Å². The summed E-state index contributed by atoms with van der Waals surface area (Å²) < 4.78 is 266. The number of hydrogen-bond acceptors (Lipinski definition) is 0. The molecule has 0 radical (unpaired) electrons. The van der Waals surface area contributed by atoms with Crippen LogP contribution >= 0.6 is 45.2 Å². The average molecular weight is 895 g/mol. The van der Waals surface area contributed by atoms with E-state index in [0.717, 1.165) is 0 Å². The summed E-state index contributed by atoms with van der Waals surface area (Å²) in [4.78, 5) is 0. The molecule has 0 aliphatic rings. The summed E-state index contributed by atoms with van der Waals surface area (Å²) in [6.45, 7) is 0. The predicted octanol–water partition coefficient (Wildman–Crippen LogP) is 6.78. The van der Waals surface area contributed by atoms with Gasteiger partial charge >= 0.3 is 0 Å². The van der Waals surface area contributed by atoms with Crippen LogP contribution in [0.15, 0.2) is 0 Å². The summed E-state index contributed by atoms with van der Waals surface area (Å²) >= 11 is 1.09. The van der Waals surface area contributed by atoms with Gasteiger partial charge in [0.15, 0.2) is 58.2 Å². The molecule has 0 saturated heterocycles. The maximum Gasteiger partial charge on any atom is 0.200 e. The minimum absolute atomic E-state index is 0.545. The van der Waals surface area contributed by atoms with Crippen LogP contribution in [0.1, 0.15) is 0 Å². The quantitative estimate of drug-likeness (QED) is 0.0698. The average Bonchev–Trinajstić information content (AvgIpc) is 3.00. The van der Waals surface area contributed by atoms with Gasteiger partial charge in [-0.2, -0.15) is 0 Å². The first-order valence-electron chi connectivity index (χ1n) is 10.9. The van der Waals surface area contributed by atoms with Crippen LogP contribution in [0.2, 0.25) is 0 Å². The van der Waals surface area contributed by atoms with Crippen LogP contribution in [0.3, 0.4) is 0 Å². The van der Waals surface area contributed by atoms with Crippen molar-refractivity contribution in [2.45, 2.75) is 0 Å². The van der Waals surface area contributed by atoms with E-state index in [-0.39, 0.29) is 0 Å². The SMILES string of the molecule is Fc1c(F)c(F)c([B-](c2c(F)c(F)c(F)c(F)c2F)(c2c(F)c(F)c(F)c(F)c2F)c2c(F)c(I)c(F)c(I)c2F)c(F)c1F. The van der Waals surface area contributed by atoms with Crippen molar-refractivity contribution in [3.63, 3.8) is 0 Å². The Labute approximate surface area is 263 Å². The van der Waals surface area contributed by atoms with Gasteiger partial charge in [0.1, 0.15) is 52.7 Å². The molecular weight excluding hydrogens is 895 g/mol. The zero-order chi connectivity index (χ0) is 34.4. The molecule has 0 bridgehead atoms. The van der Waals surface area contributed by atoms with Crippen molar-refractivity contribution in [2.75, 3.05) is 0 Å². The van der Waals surface area contributed by atoms with Crippen molar-refractivity contribution >= 4 is 73.2 Å². The van der Waals surface area contributed by atoms with E-state index in [1.54, 1.807) is 0 Å². The van der Waals surface area contributed by atoms with Gasteiger partial charge in [-0.3, -0.25) is 0 Å². The Morgan fingerprint density at radius 2 is 0.378 bits per heavy atom. The molecule has 0 aliphatic heterocycles. The molecule has 4 rings (SSSR count). The Bertz CT molecular complexity index is 1580. The maximum atomic E-state index is 15.9. The largest absolute Gasteiger partial charge is 0.209 e. The molecule has 0 aliphatic carbocycles. The monoisotopic (exact) mass is 895 g/mol. The molecule has 0 aromatic heterocycles. The van der Waals surface area contributed by atoms with Crippen molar-refractivity contribution in [3.05, 3.63) is 112 Å². The van der Waals surface area contributed by atoms with Crippen LogP contribution in [-0.4, -0.2) is 6.15 Å². The molecule has 0 N–H and O–H groups in total. The van der Waals surface area contributed by atoms with Crippen molar-refractivity contribution in [3.8, 4) is 0 Å². The van der Waals surface area contributed by atoms with E-state index in [4.69, 9.17) is 0 Å². The lowest BCUT2D eigenvalue weighted by Gasteiger charge is -2.45. The van der Waals surface area contributed by atoms with Crippen molar-refractivity contribution in [1.29, 1.82) is 0 Å². The first kappa shape index (κ1) is 35.0. The molecule has 0 unspecified atom stereocenters. The van der Waals surface area contributed by atoms with Crippen molar-refractivity contribution in [1.82, 2.24) is 0 Å². The summed E-state index contributed by atoms with van der Waals surface area (Å²) in [5.74, 6) is -58.3. The summed E-state index contributed by atoms with van der Waals surface area (Å²) in [6, 6.07) is 0. The fourth-order valence-corrected chi connectivity index (χ4v) is 6.51. The van der Waals surface area contributed by atoms with Crippen molar-refractivity contribution in [2.24, 2.45) is 0 Å². The smallest absolute Gasteiger partial charge is 0.200 e. The Morgan fingerprint density at radius 3 is 0.578 bits per heavy atom. The third-order valence-electron chi connectivity index (χ3n) is 6.71. The van der Waals surface area contributed by atoms with Crippen LogP contribution < -0.4 is 21.9 Å². The van der Waals surface area contributed by atoms with E-state index in [1.807, 2.05) is 0 Å². The molecule has 4 aromatic carbocycles. The number of halogens is 20. The highest BCUT2D eigenvalue weighted by Gasteiger charge is 2.52. The zero-order valence-corrected chi connectivity index (χ0v) is 24.5. The van der Waals surface area contributed by atoms with E-state index in [2.05, 4.69) is 0 Å². The summed E-state index contributed by atoms with van der Waals surface area (Å²) in [6.07, 6.45) is -6.75. The normalized spacial score (nSPS) is 12.0. The number of rotatable bonds is 4. The molecule has 45 heavy (non-hydrogen) atoms. The first-order chi connectivity index (χ1) is 20.7. The van der Waals surface area contributed by atoms with Gasteiger partial charge in [-0.1, -0.05) is 0 Å². The van der Waals surface area contributed by atoms with Gasteiger partial charge < -0.3 is 0 Å². The lowest BCUT2D eigenvalue weighted by Crippen LogP contribution is -2.81. The Morgan fingerprint density at radius 1 is 0.222 bits per heavy atom. The Hall–Kier alpha value is -2.86. The van der Waals surface area contributed by atoms with Crippen LogP contribution in [0, 0.1) is 112 Å². The summed E-state index contributed by atoms with van der Waals surface area (Å²) in [5.41, 5.74) is -12.6. The van der Waals surface area contributed by atoms with Crippen LogP contribution in [-0.2, 0) is 0 Å². The van der Waals surface area contributed by atoms with E-state index < -0.39 is 140 Å². The second-order valence-electron chi connectivity index (χ2n) is 8.80. The lowest BCUT2D eigenvalue weighted by atomic mass is 9.12. The molecule has 0 spiro atoms. The number of benzene rings is 4. The van der Waals surface area contributed by atoms with E-state index in [1.165, 1.54) is 0 Å². The molecule has 0 amide bonds. The van der Waals surface area contributed by atoms with Crippen molar-refractivity contribution < 1.29 is 79.0 Å². The molecule has 4 aromatic rings. The van der Waals surface area contributed by atoms with Gasteiger partial charge in [0.05, 0.1) is 7.14 Å². The highest BCUT2D eigenvalue weighted by Crippen LogP contribution is 2.31. The van der Waals surface area contributed by atoms with Gasteiger partial charge in [0.2, 0.25) is 0 Å². The van der Waals surface area contributed by atoms with E-state index in [0.29, 0.717) is 45.2 Å². The number of hydrogen-bond donors (Lipinski definition) is 0. The van der Waals surface area contributed by atoms with Crippen LogP contribution in [0.4, 0.5) is 79.0 Å². The zero-order valence-electron chi connectivity index (χ0n) is 20.1. The maximum absolute atomic E-state index is 15.9. The Balaban J connectivity index is 2.69. The third-order valence-corrected chi connectivity index (χ3v) is 8.60. The fourth-order valence-electron chi connectivity index (χ4n) is 4.87. The summed E-state index contributed by atoms with van der Waals surface area (Å²) in [5, 5.41) is 0. The molecule has 0 saturated carbocycles. The third kappa shape index (κ3) is 4.59. The molecule has 240 valence electrons. The second kappa shape index (κ2) is 11.7. The minimum Gasteiger partial charge on any atom is -0.209 e. The highest BCUT2D eigenvalue weighted by atomic mass is 127.